The molecule has 1 N–H and O–H groups in total. The average Bonchev–Trinajstić information content (AvgIpc) is 2.76. The Morgan fingerprint density at radius 1 is 1.32 bits per heavy atom. The fourth-order valence-electron chi connectivity index (χ4n) is 2.54. The van der Waals surface area contributed by atoms with Gasteiger partial charge in [0.25, 0.3) is 11.5 Å². The molecule has 0 radical (unpaired) electrons. The van der Waals surface area contributed by atoms with Crippen molar-refractivity contribution in [1.82, 2.24) is 19.6 Å². The van der Waals surface area contributed by atoms with Gasteiger partial charge in [0, 0.05) is 32.0 Å². The minimum atomic E-state index is -0.304. The molecule has 2 aromatic rings. The summed E-state index contributed by atoms with van der Waals surface area (Å²) in [6.07, 6.45) is 3.96. The van der Waals surface area contributed by atoms with Crippen molar-refractivity contribution in [2.75, 3.05) is 26.2 Å². The molecule has 0 aromatic carbocycles. The molecule has 7 heteroatoms. The summed E-state index contributed by atoms with van der Waals surface area (Å²) >= 11 is 0. The maximum atomic E-state index is 12.5. The number of halogens is 1. The SMILES string of the molecule is Cc1ccn2c(=O)c(C(=O)N3CCCNCC3)cnc2c1.Cl. The lowest BCUT2D eigenvalue weighted by Gasteiger charge is -2.19. The van der Waals surface area contributed by atoms with Crippen molar-refractivity contribution in [3.8, 4) is 0 Å². The molecule has 6 nitrogen and oxygen atoms in total. The van der Waals surface area contributed by atoms with Crippen LogP contribution >= 0.6 is 12.4 Å². The number of hydrogen-bond acceptors (Lipinski definition) is 4. The molecule has 3 heterocycles. The van der Waals surface area contributed by atoms with Crippen molar-refractivity contribution < 1.29 is 4.79 Å². The minimum Gasteiger partial charge on any atom is -0.337 e. The summed E-state index contributed by atoms with van der Waals surface area (Å²) in [6.45, 7) is 4.89. The predicted molar refractivity (Wildman–Crippen MR) is 86.8 cm³/mol. The van der Waals surface area contributed by atoms with E-state index in [2.05, 4.69) is 10.3 Å². The van der Waals surface area contributed by atoms with E-state index in [1.165, 1.54) is 10.6 Å². The van der Waals surface area contributed by atoms with Crippen molar-refractivity contribution in [2.24, 2.45) is 0 Å². The highest BCUT2D eigenvalue weighted by molar-refractivity contribution is 5.93. The van der Waals surface area contributed by atoms with Crippen LogP contribution in [0.15, 0.2) is 29.3 Å². The molecule has 1 aliphatic rings. The quantitative estimate of drug-likeness (QED) is 0.845. The van der Waals surface area contributed by atoms with Crippen molar-refractivity contribution >= 4 is 24.0 Å². The first-order valence-electron chi connectivity index (χ1n) is 7.15. The van der Waals surface area contributed by atoms with Crippen LogP contribution in [-0.4, -0.2) is 46.4 Å². The predicted octanol–water partition coefficient (Wildman–Crippen LogP) is 0.860. The van der Waals surface area contributed by atoms with Gasteiger partial charge in [-0.3, -0.25) is 14.0 Å². The second-order valence-electron chi connectivity index (χ2n) is 5.31. The molecule has 22 heavy (non-hydrogen) atoms. The van der Waals surface area contributed by atoms with Crippen molar-refractivity contribution in [3.05, 3.63) is 46.0 Å². The lowest BCUT2D eigenvalue weighted by Crippen LogP contribution is -2.38. The molecule has 1 amide bonds. The number of aromatic nitrogens is 2. The number of carbonyl (C=O) groups is 1. The topological polar surface area (TPSA) is 66.7 Å². The molecule has 1 fully saturated rings. The smallest absolute Gasteiger partial charge is 0.270 e. The van der Waals surface area contributed by atoms with Gasteiger partial charge in [0.15, 0.2) is 0 Å². The number of nitrogens with zero attached hydrogens (tertiary/aromatic N) is 3. The van der Waals surface area contributed by atoms with Crippen LogP contribution in [0, 0.1) is 6.92 Å². The third kappa shape index (κ3) is 3.13. The highest BCUT2D eigenvalue weighted by Crippen LogP contribution is 2.06. The molecule has 0 atom stereocenters. The third-order valence-electron chi connectivity index (χ3n) is 3.72. The summed E-state index contributed by atoms with van der Waals surface area (Å²) in [5.41, 5.74) is 1.43. The third-order valence-corrected chi connectivity index (χ3v) is 3.72. The number of carbonyl (C=O) groups excluding carboxylic acids is 1. The number of hydrogen-bond donors (Lipinski definition) is 1. The highest BCUT2D eigenvalue weighted by atomic mass is 35.5. The zero-order valence-corrected chi connectivity index (χ0v) is 13.2. The number of pyridine rings is 1. The van der Waals surface area contributed by atoms with Crippen LogP contribution in [-0.2, 0) is 0 Å². The Hall–Kier alpha value is -1.92. The summed E-state index contributed by atoms with van der Waals surface area (Å²) in [7, 11) is 0. The first-order chi connectivity index (χ1) is 10.2. The van der Waals surface area contributed by atoms with Crippen molar-refractivity contribution in [2.45, 2.75) is 13.3 Å². The zero-order chi connectivity index (χ0) is 14.8. The van der Waals surface area contributed by atoms with E-state index in [4.69, 9.17) is 0 Å². The summed E-state index contributed by atoms with van der Waals surface area (Å²) in [6, 6.07) is 3.66. The monoisotopic (exact) mass is 322 g/mol. The number of nitrogens with one attached hydrogen (secondary N) is 1. The van der Waals surface area contributed by atoms with Crippen LogP contribution in [0.5, 0.6) is 0 Å². The molecule has 1 saturated heterocycles. The van der Waals surface area contributed by atoms with Crippen LogP contribution in [0.3, 0.4) is 0 Å². The summed E-state index contributed by atoms with van der Waals surface area (Å²) in [4.78, 5) is 31.0. The van der Waals surface area contributed by atoms with E-state index < -0.39 is 0 Å². The van der Waals surface area contributed by atoms with Crippen LogP contribution in [0.4, 0.5) is 0 Å². The Labute approximate surface area is 134 Å². The Morgan fingerprint density at radius 2 is 2.14 bits per heavy atom. The van der Waals surface area contributed by atoms with Crippen molar-refractivity contribution in [3.63, 3.8) is 0 Å². The number of fused-ring (bicyclic) bond motifs is 1. The standard InChI is InChI=1S/C15H18N4O2.ClH/c1-11-3-7-19-13(9-11)17-10-12(15(19)21)14(20)18-6-2-4-16-5-8-18;/h3,7,9-10,16H,2,4-6,8H2,1H3;1H. The van der Waals surface area contributed by atoms with Gasteiger partial charge in [-0.05, 0) is 37.6 Å². The maximum absolute atomic E-state index is 12.5. The molecule has 0 unspecified atom stereocenters. The molecule has 0 aliphatic carbocycles. The highest BCUT2D eigenvalue weighted by Gasteiger charge is 2.21. The number of aryl methyl sites for hydroxylation is 1. The molecular formula is C15H19ClN4O2. The van der Waals surface area contributed by atoms with Gasteiger partial charge in [0.05, 0.1) is 0 Å². The van der Waals surface area contributed by atoms with E-state index >= 15 is 0 Å². The van der Waals surface area contributed by atoms with E-state index in [0.29, 0.717) is 18.7 Å². The molecule has 0 spiro atoms. The molecule has 118 valence electrons. The fraction of sp³-hybridized carbons (Fsp3) is 0.400. The van der Waals surface area contributed by atoms with Gasteiger partial charge in [0.1, 0.15) is 11.2 Å². The first-order valence-corrected chi connectivity index (χ1v) is 7.15. The Balaban J connectivity index is 0.00000176. The second-order valence-corrected chi connectivity index (χ2v) is 5.31. The van der Waals surface area contributed by atoms with Crippen LogP contribution in [0.25, 0.3) is 5.65 Å². The molecule has 0 saturated carbocycles. The molecule has 3 rings (SSSR count). The lowest BCUT2D eigenvalue weighted by atomic mass is 10.2. The van der Waals surface area contributed by atoms with Crippen LogP contribution in [0.2, 0.25) is 0 Å². The normalized spacial score (nSPS) is 15.2. The fourth-order valence-corrected chi connectivity index (χ4v) is 2.54. The summed E-state index contributed by atoms with van der Waals surface area (Å²) in [5.74, 6) is -0.230. The van der Waals surface area contributed by atoms with E-state index in [1.54, 1.807) is 11.1 Å². The average molecular weight is 323 g/mol. The zero-order valence-electron chi connectivity index (χ0n) is 12.4. The van der Waals surface area contributed by atoms with Gasteiger partial charge >= 0.3 is 0 Å². The molecule has 0 bridgehead atoms. The lowest BCUT2D eigenvalue weighted by molar-refractivity contribution is 0.0764. The van der Waals surface area contributed by atoms with E-state index in [1.807, 2.05) is 19.1 Å². The molecule has 1 aliphatic heterocycles. The number of rotatable bonds is 1. The van der Waals surface area contributed by atoms with Crippen LogP contribution < -0.4 is 10.9 Å². The van der Waals surface area contributed by atoms with Gasteiger partial charge in [0.2, 0.25) is 0 Å². The summed E-state index contributed by atoms with van der Waals surface area (Å²) < 4.78 is 1.43. The van der Waals surface area contributed by atoms with Gasteiger partial charge < -0.3 is 10.2 Å². The number of amides is 1. The van der Waals surface area contributed by atoms with Crippen molar-refractivity contribution in [1.29, 1.82) is 0 Å². The van der Waals surface area contributed by atoms with E-state index in [-0.39, 0.29) is 29.4 Å². The molecular weight excluding hydrogens is 304 g/mol. The largest absolute Gasteiger partial charge is 0.337 e. The Morgan fingerprint density at radius 3 is 2.95 bits per heavy atom. The van der Waals surface area contributed by atoms with E-state index in [0.717, 1.165) is 25.1 Å². The van der Waals surface area contributed by atoms with Gasteiger partial charge in [-0.15, -0.1) is 12.4 Å². The van der Waals surface area contributed by atoms with Gasteiger partial charge in [-0.2, -0.15) is 0 Å². The van der Waals surface area contributed by atoms with E-state index in [9.17, 15) is 9.59 Å². The minimum absolute atomic E-state index is 0. The first kappa shape index (κ1) is 16.5. The van der Waals surface area contributed by atoms with Gasteiger partial charge in [-0.25, -0.2) is 4.98 Å². The second kappa shape index (κ2) is 6.89. The molecule has 2 aromatic heterocycles. The maximum Gasteiger partial charge on any atom is 0.270 e. The Kier molecular flexibility index (Phi) is 5.15. The van der Waals surface area contributed by atoms with Crippen LogP contribution in [0.1, 0.15) is 22.3 Å². The van der Waals surface area contributed by atoms with Gasteiger partial charge in [-0.1, -0.05) is 0 Å². The Bertz CT molecular complexity index is 736. The summed E-state index contributed by atoms with van der Waals surface area (Å²) in [5, 5.41) is 3.24.